The third kappa shape index (κ3) is 3.51. The van der Waals surface area contributed by atoms with Crippen LogP contribution in [0.2, 0.25) is 0 Å². The molecule has 3 aromatic rings. The van der Waals surface area contributed by atoms with E-state index in [1.54, 1.807) is 0 Å². The summed E-state index contributed by atoms with van der Waals surface area (Å²) >= 11 is 0. The van der Waals surface area contributed by atoms with Crippen LogP contribution < -0.4 is 5.56 Å². The van der Waals surface area contributed by atoms with Gasteiger partial charge in [0.05, 0.1) is 24.1 Å². The molecular formula is C20H15F3N2O2. The molecule has 4 nitrogen and oxygen atoms in total. The fourth-order valence-electron chi connectivity index (χ4n) is 2.96. The van der Waals surface area contributed by atoms with E-state index in [9.17, 15) is 23.2 Å². The van der Waals surface area contributed by atoms with Crippen molar-refractivity contribution in [2.75, 3.05) is 0 Å². The number of alkyl halides is 3. The molecule has 3 rings (SSSR count). The molecule has 138 valence electrons. The molecule has 0 unspecified atom stereocenters. The van der Waals surface area contributed by atoms with Crippen LogP contribution in [-0.2, 0) is 12.7 Å². The van der Waals surface area contributed by atoms with Crippen molar-refractivity contribution in [3.05, 3.63) is 80.8 Å². The molecule has 2 aromatic heterocycles. The normalized spacial score (nSPS) is 11.4. The number of nitriles is 1. The Balaban J connectivity index is 2.29. The Bertz CT molecular complexity index is 1090. The third-order valence-corrected chi connectivity index (χ3v) is 4.32. The summed E-state index contributed by atoms with van der Waals surface area (Å²) in [4.78, 5) is 12.8. The van der Waals surface area contributed by atoms with E-state index in [2.05, 4.69) is 0 Å². The minimum absolute atomic E-state index is 0.0216. The zero-order chi connectivity index (χ0) is 19.8. The first kappa shape index (κ1) is 18.5. The van der Waals surface area contributed by atoms with Gasteiger partial charge in [-0.2, -0.15) is 18.4 Å². The Morgan fingerprint density at radius 1 is 1.19 bits per heavy atom. The average molecular weight is 372 g/mol. The van der Waals surface area contributed by atoms with Gasteiger partial charge in [0.15, 0.2) is 0 Å². The Labute approximate surface area is 153 Å². The first-order valence-electron chi connectivity index (χ1n) is 8.07. The second-order valence-corrected chi connectivity index (χ2v) is 6.23. The SMILES string of the molecule is Cc1ccc(Cn2c(-c3ccco3)cc(C(F)(F)F)c(C#N)c2=O)c(C)c1. The minimum atomic E-state index is -4.83. The Hall–Kier alpha value is -3.27. The van der Waals surface area contributed by atoms with Crippen molar-refractivity contribution in [3.8, 4) is 17.5 Å². The topological polar surface area (TPSA) is 58.9 Å². The first-order valence-corrected chi connectivity index (χ1v) is 8.07. The zero-order valence-electron chi connectivity index (χ0n) is 14.6. The summed E-state index contributed by atoms with van der Waals surface area (Å²) in [7, 11) is 0. The number of benzene rings is 1. The van der Waals surface area contributed by atoms with Crippen molar-refractivity contribution < 1.29 is 17.6 Å². The number of aryl methyl sites for hydroxylation is 2. The first-order chi connectivity index (χ1) is 12.7. The molecule has 0 aliphatic rings. The lowest BCUT2D eigenvalue weighted by Gasteiger charge is -2.17. The van der Waals surface area contributed by atoms with E-state index in [1.165, 1.54) is 24.5 Å². The summed E-state index contributed by atoms with van der Waals surface area (Å²) in [6, 6.07) is 10.8. The van der Waals surface area contributed by atoms with Crippen LogP contribution >= 0.6 is 0 Å². The molecule has 0 N–H and O–H groups in total. The summed E-state index contributed by atoms with van der Waals surface area (Å²) in [5, 5.41) is 9.18. The molecule has 0 bridgehead atoms. The summed E-state index contributed by atoms with van der Waals surface area (Å²) in [6.45, 7) is 3.80. The van der Waals surface area contributed by atoms with Gasteiger partial charge in [-0.15, -0.1) is 0 Å². The molecule has 0 saturated heterocycles. The lowest BCUT2D eigenvalue weighted by Crippen LogP contribution is -2.28. The number of furan rings is 1. The van der Waals surface area contributed by atoms with Gasteiger partial charge >= 0.3 is 6.18 Å². The molecule has 0 atom stereocenters. The highest BCUT2D eigenvalue weighted by Gasteiger charge is 2.36. The van der Waals surface area contributed by atoms with Gasteiger partial charge in [-0.05, 0) is 43.2 Å². The molecule has 0 fully saturated rings. The van der Waals surface area contributed by atoms with Crippen molar-refractivity contribution in [2.24, 2.45) is 0 Å². The van der Waals surface area contributed by atoms with Crippen LogP contribution in [0.3, 0.4) is 0 Å². The van der Waals surface area contributed by atoms with Crippen LogP contribution in [0.15, 0.2) is 51.9 Å². The number of hydrogen-bond donors (Lipinski definition) is 0. The van der Waals surface area contributed by atoms with Gasteiger partial charge in [0, 0.05) is 0 Å². The van der Waals surface area contributed by atoms with E-state index >= 15 is 0 Å². The Morgan fingerprint density at radius 3 is 2.48 bits per heavy atom. The van der Waals surface area contributed by atoms with Gasteiger partial charge in [-0.3, -0.25) is 9.36 Å². The molecule has 2 heterocycles. The van der Waals surface area contributed by atoms with Gasteiger partial charge in [0.25, 0.3) is 5.56 Å². The Morgan fingerprint density at radius 2 is 1.93 bits per heavy atom. The standard InChI is InChI=1S/C20H15F3N2O2/c1-12-5-6-14(13(2)8-12)11-25-17(18-4-3-7-27-18)9-16(20(21,22)23)15(10-24)19(25)26/h3-9H,11H2,1-2H3. The van der Waals surface area contributed by atoms with E-state index in [0.29, 0.717) is 0 Å². The van der Waals surface area contributed by atoms with Crippen LogP contribution in [0.4, 0.5) is 13.2 Å². The third-order valence-electron chi connectivity index (χ3n) is 4.32. The maximum atomic E-state index is 13.4. The van der Waals surface area contributed by atoms with Gasteiger partial charge in [0.2, 0.25) is 0 Å². The van der Waals surface area contributed by atoms with Crippen molar-refractivity contribution in [1.82, 2.24) is 4.57 Å². The van der Waals surface area contributed by atoms with Gasteiger partial charge in [-0.1, -0.05) is 23.8 Å². The fourth-order valence-corrected chi connectivity index (χ4v) is 2.96. The summed E-state index contributed by atoms with van der Waals surface area (Å²) < 4.78 is 46.5. The second-order valence-electron chi connectivity index (χ2n) is 6.23. The number of nitrogens with zero attached hydrogens (tertiary/aromatic N) is 2. The van der Waals surface area contributed by atoms with E-state index in [4.69, 9.17) is 4.42 Å². The molecule has 0 aliphatic heterocycles. The van der Waals surface area contributed by atoms with Crippen molar-refractivity contribution >= 4 is 0 Å². The average Bonchev–Trinajstić information content (AvgIpc) is 3.11. The molecular weight excluding hydrogens is 357 g/mol. The van der Waals surface area contributed by atoms with Gasteiger partial charge in [-0.25, -0.2) is 0 Å². The molecule has 0 spiro atoms. The molecule has 0 amide bonds. The number of aromatic nitrogens is 1. The van der Waals surface area contributed by atoms with Crippen LogP contribution in [0.25, 0.3) is 11.5 Å². The highest BCUT2D eigenvalue weighted by Crippen LogP contribution is 2.33. The maximum absolute atomic E-state index is 13.4. The summed E-state index contributed by atoms with van der Waals surface area (Å²) in [6.07, 6.45) is -3.52. The predicted molar refractivity (Wildman–Crippen MR) is 93.1 cm³/mol. The number of halogens is 3. The fraction of sp³-hybridized carbons (Fsp3) is 0.200. The van der Waals surface area contributed by atoms with E-state index in [0.717, 1.165) is 27.3 Å². The minimum Gasteiger partial charge on any atom is -0.463 e. The molecule has 7 heteroatoms. The van der Waals surface area contributed by atoms with Crippen LogP contribution in [0.5, 0.6) is 0 Å². The zero-order valence-corrected chi connectivity index (χ0v) is 14.6. The van der Waals surface area contributed by atoms with E-state index in [-0.39, 0.29) is 18.0 Å². The summed E-state index contributed by atoms with van der Waals surface area (Å²) in [5.74, 6) is 0.117. The van der Waals surface area contributed by atoms with Crippen LogP contribution in [-0.4, -0.2) is 4.57 Å². The Kier molecular flexibility index (Phi) is 4.66. The van der Waals surface area contributed by atoms with Crippen molar-refractivity contribution in [2.45, 2.75) is 26.6 Å². The van der Waals surface area contributed by atoms with Gasteiger partial charge in [0.1, 0.15) is 17.4 Å². The number of hydrogen-bond acceptors (Lipinski definition) is 3. The monoisotopic (exact) mass is 372 g/mol. The predicted octanol–water partition coefficient (Wildman–Crippen LogP) is 4.66. The number of rotatable bonds is 3. The van der Waals surface area contributed by atoms with E-state index in [1.807, 2.05) is 32.0 Å². The molecule has 0 saturated carbocycles. The van der Waals surface area contributed by atoms with Crippen molar-refractivity contribution in [3.63, 3.8) is 0 Å². The molecule has 1 aromatic carbocycles. The lowest BCUT2D eigenvalue weighted by molar-refractivity contribution is -0.137. The summed E-state index contributed by atoms with van der Waals surface area (Å²) in [5.41, 5.74) is -0.541. The van der Waals surface area contributed by atoms with Crippen LogP contribution in [0.1, 0.15) is 27.8 Å². The molecule has 0 aliphatic carbocycles. The maximum Gasteiger partial charge on any atom is 0.417 e. The van der Waals surface area contributed by atoms with Crippen molar-refractivity contribution in [1.29, 1.82) is 5.26 Å². The molecule has 0 radical (unpaired) electrons. The molecule has 27 heavy (non-hydrogen) atoms. The second kappa shape index (κ2) is 6.80. The van der Waals surface area contributed by atoms with Gasteiger partial charge < -0.3 is 4.42 Å². The van der Waals surface area contributed by atoms with E-state index < -0.39 is 22.9 Å². The smallest absolute Gasteiger partial charge is 0.417 e. The highest BCUT2D eigenvalue weighted by molar-refractivity contribution is 5.57. The highest BCUT2D eigenvalue weighted by atomic mass is 19.4. The lowest BCUT2D eigenvalue weighted by atomic mass is 10.0. The van der Waals surface area contributed by atoms with Crippen LogP contribution in [0, 0.1) is 25.2 Å². The largest absolute Gasteiger partial charge is 0.463 e. The number of pyridine rings is 1. The quantitative estimate of drug-likeness (QED) is 0.672.